The highest BCUT2D eigenvalue weighted by atomic mass is 35.5. The number of carbonyl (C=O) groups excluding carboxylic acids is 4. The lowest BCUT2D eigenvalue weighted by molar-refractivity contribution is -0.127. The zero-order chi connectivity index (χ0) is 40.7. The third-order valence-corrected chi connectivity index (χ3v) is 8.76. The van der Waals surface area contributed by atoms with Gasteiger partial charge < -0.3 is 39.2 Å². The molecule has 5 rings (SSSR count). The summed E-state index contributed by atoms with van der Waals surface area (Å²) in [6, 6.07) is 3.83. The fourth-order valence-electron chi connectivity index (χ4n) is 6.21. The molecular weight excluding hydrogens is 730 g/mol. The molecule has 3 aromatic rings. The number of fused-ring (bicyclic) bond motifs is 1. The van der Waals surface area contributed by atoms with E-state index in [2.05, 4.69) is 30.5 Å². The summed E-state index contributed by atoms with van der Waals surface area (Å²) in [5.41, 5.74) is -0.828. The number of alkyl carbamates (subject to hydrolysis) is 1. The van der Waals surface area contributed by atoms with Crippen LogP contribution in [0, 0.1) is 0 Å². The van der Waals surface area contributed by atoms with Gasteiger partial charge in [0.05, 0.1) is 19.4 Å². The van der Waals surface area contributed by atoms with Crippen LogP contribution >= 0.6 is 11.6 Å². The molecule has 1 aliphatic heterocycles. The Hall–Kier alpha value is -4.70. The molecule has 3 heterocycles. The van der Waals surface area contributed by atoms with E-state index in [0.717, 1.165) is 34.6 Å². The second kappa shape index (κ2) is 15.4. The van der Waals surface area contributed by atoms with Gasteiger partial charge in [0.1, 0.15) is 28.7 Å². The zero-order valence-corrected chi connectivity index (χ0v) is 34.5. The number of imidazole rings is 1. The summed E-state index contributed by atoms with van der Waals surface area (Å²) in [5, 5.41) is 6.51. The van der Waals surface area contributed by atoms with Crippen LogP contribution in [0.3, 0.4) is 0 Å². The first-order chi connectivity index (χ1) is 25.4. The molecule has 4 amide bonds. The molecule has 2 N–H and O–H groups in total. The SMILES string of the molecule is CN(C)Cc1cc(Cl)cc(N2CC[C@](NC(=O)OC(C)(C)C)(C(=O)NC3CC3)C2)c1Cn1cnc2c(N(C(=O)OC(C)(C)C)C(=O)OC(C)(C)C)ncnc21. The van der Waals surface area contributed by atoms with Gasteiger partial charge in [0.25, 0.3) is 0 Å². The van der Waals surface area contributed by atoms with Crippen molar-refractivity contribution in [1.82, 2.24) is 35.1 Å². The van der Waals surface area contributed by atoms with E-state index in [1.54, 1.807) is 73.2 Å². The van der Waals surface area contributed by atoms with Crippen LogP contribution in [-0.2, 0) is 32.1 Å². The Morgan fingerprint density at radius 2 is 1.53 bits per heavy atom. The van der Waals surface area contributed by atoms with Gasteiger partial charge in [0, 0.05) is 29.8 Å². The number of imide groups is 1. The van der Waals surface area contributed by atoms with Gasteiger partial charge in [0.15, 0.2) is 17.0 Å². The number of benzene rings is 1. The van der Waals surface area contributed by atoms with Crippen LogP contribution in [0.15, 0.2) is 24.8 Å². The number of ether oxygens (including phenoxy) is 3. The van der Waals surface area contributed by atoms with Gasteiger partial charge in [-0.2, -0.15) is 4.90 Å². The van der Waals surface area contributed by atoms with Crippen molar-refractivity contribution in [2.45, 2.75) is 123 Å². The van der Waals surface area contributed by atoms with Crippen LogP contribution in [0.5, 0.6) is 0 Å². The fraction of sp³-hybridized carbons (Fsp3) is 0.605. The van der Waals surface area contributed by atoms with Crippen molar-refractivity contribution in [3.05, 3.63) is 40.9 Å². The number of amides is 4. The number of nitrogens with zero attached hydrogens (tertiary/aromatic N) is 7. The summed E-state index contributed by atoms with van der Waals surface area (Å²) in [5.74, 6) is -0.360. The van der Waals surface area contributed by atoms with E-state index in [1.165, 1.54) is 6.33 Å². The number of rotatable bonds is 9. The third-order valence-electron chi connectivity index (χ3n) is 8.54. The van der Waals surface area contributed by atoms with Crippen molar-refractivity contribution in [2.24, 2.45) is 0 Å². The molecular formula is C38H54ClN9O7. The highest BCUT2D eigenvalue weighted by molar-refractivity contribution is 6.31. The summed E-state index contributed by atoms with van der Waals surface area (Å²) in [6.07, 6.45) is 2.29. The monoisotopic (exact) mass is 783 g/mol. The number of hydrogen-bond donors (Lipinski definition) is 2. The van der Waals surface area contributed by atoms with E-state index >= 15 is 0 Å². The van der Waals surface area contributed by atoms with E-state index in [0.29, 0.717) is 30.2 Å². The molecule has 1 saturated heterocycles. The van der Waals surface area contributed by atoms with Crippen LogP contribution in [0.1, 0.15) is 92.7 Å². The van der Waals surface area contributed by atoms with Gasteiger partial charge in [0.2, 0.25) is 5.91 Å². The minimum atomic E-state index is -1.26. The van der Waals surface area contributed by atoms with E-state index < -0.39 is 40.6 Å². The number of carbonyl (C=O) groups is 4. The van der Waals surface area contributed by atoms with Crippen molar-refractivity contribution in [3.8, 4) is 0 Å². The highest BCUT2D eigenvalue weighted by Crippen LogP contribution is 2.37. The molecule has 2 aromatic heterocycles. The molecule has 2 fully saturated rings. The maximum absolute atomic E-state index is 13.9. The van der Waals surface area contributed by atoms with Gasteiger partial charge in [-0.25, -0.2) is 29.3 Å². The molecule has 16 nitrogen and oxygen atoms in total. The summed E-state index contributed by atoms with van der Waals surface area (Å²) in [4.78, 5) is 72.3. The van der Waals surface area contributed by atoms with Gasteiger partial charge in [-0.15, -0.1) is 0 Å². The Balaban J connectivity index is 1.56. The quantitative estimate of drug-likeness (QED) is 0.242. The zero-order valence-electron chi connectivity index (χ0n) is 33.7. The first-order valence-electron chi connectivity index (χ1n) is 18.4. The topological polar surface area (TPSA) is 173 Å². The highest BCUT2D eigenvalue weighted by Gasteiger charge is 2.48. The molecule has 1 atom stereocenters. The number of aromatic nitrogens is 4. The lowest BCUT2D eigenvalue weighted by Gasteiger charge is -2.32. The molecule has 1 aliphatic carbocycles. The first-order valence-corrected chi connectivity index (χ1v) is 18.8. The second-order valence-electron chi connectivity index (χ2n) is 17.5. The maximum Gasteiger partial charge on any atom is 0.425 e. The van der Waals surface area contributed by atoms with E-state index in [-0.39, 0.29) is 36.4 Å². The van der Waals surface area contributed by atoms with Crippen molar-refractivity contribution in [2.75, 3.05) is 37.0 Å². The van der Waals surface area contributed by atoms with Crippen LogP contribution in [0.2, 0.25) is 5.02 Å². The van der Waals surface area contributed by atoms with Gasteiger partial charge >= 0.3 is 18.3 Å². The Morgan fingerprint density at radius 1 is 0.909 bits per heavy atom. The molecule has 0 radical (unpaired) electrons. The molecule has 2 aliphatic rings. The molecule has 0 bridgehead atoms. The predicted octanol–water partition coefficient (Wildman–Crippen LogP) is 6.02. The van der Waals surface area contributed by atoms with Crippen LogP contribution in [-0.4, -0.2) is 104 Å². The summed E-state index contributed by atoms with van der Waals surface area (Å²) >= 11 is 6.79. The van der Waals surface area contributed by atoms with E-state index in [9.17, 15) is 19.2 Å². The lowest BCUT2D eigenvalue weighted by Crippen LogP contribution is -2.61. The van der Waals surface area contributed by atoms with Crippen LogP contribution < -0.4 is 20.4 Å². The molecule has 55 heavy (non-hydrogen) atoms. The van der Waals surface area contributed by atoms with Crippen LogP contribution in [0.25, 0.3) is 11.2 Å². The number of halogens is 1. The van der Waals surface area contributed by atoms with Gasteiger partial charge in [-0.05, 0) is 119 Å². The van der Waals surface area contributed by atoms with Crippen molar-refractivity contribution >= 4 is 58.5 Å². The fourth-order valence-corrected chi connectivity index (χ4v) is 6.45. The minimum Gasteiger partial charge on any atom is -0.444 e. The van der Waals surface area contributed by atoms with Crippen LogP contribution in [0.4, 0.5) is 25.9 Å². The van der Waals surface area contributed by atoms with E-state index in [4.69, 9.17) is 25.8 Å². The van der Waals surface area contributed by atoms with Crippen molar-refractivity contribution in [3.63, 3.8) is 0 Å². The summed E-state index contributed by atoms with van der Waals surface area (Å²) in [6.45, 7) is 16.8. The molecule has 1 aromatic carbocycles. The first kappa shape index (κ1) is 41.5. The van der Waals surface area contributed by atoms with Gasteiger partial charge in [-0.3, -0.25) is 4.79 Å². The van der Waals surface area contributed by atoms with Crippen molar-refractivity contribution in [1.29, 1.82) is 0 Å². The average molecular weight is 784 g/mol. The summed E-state index contributed by atoms with van der Waals surface area (Å²) in [7, 11) is 3.90. The lowest BCUT2D eigenvalue weighted by atomic mass is 9.97. The molecule has 0 unspecified atom stereocenters. The van der Waals surface area contributed by atoms with Gasteiger partial charge in [-0.1, -0.05) is 11.6 Å². The number of anilines is 2. The smallest absolute Gasteiger partial charge is 0.425 e. The molecule has 0 spiro atoms. The Kier molecular flexibility index (Phi) is 11.6. The molecule has 1 saturated carbocycles. The predicted molar refractivity (Wildman–Crippen MR) is 208 cm³/mol. The summed E-state index contributed by atoms with van der Waals surface area (Å²) < 4.78 is 18.6. The maximum atomic E-state index is 13.9. The number of hydrogen-bond acceptors (Lipinski definition) is 12. The number of nitrogens with one attached hydrogen (secondary N) is 2. The van der Waals surface area contributed by atoms with E-state index in [1.807, 2.05) is 31.1 Å². The molecule has 300 valence electrons. The normalized spacial score (nSPS) is 17.7. The Bertz CT molecular complexity index is 1910. The Morgan fingerprint density at radius 3 is 2.09 bits per heavy atom. The molecule has 17 heteroatoms. The Labute approximate surface area is 327 Å². The third kappa shape index (κ3) is 10.5. The van der Waals surface area contributed by atoms with Crippen molar-refractivity contribution < 1.29 is 33.4 Å². The second-order valence-corrected chi connectivity index (χ2v) is 17.9. The minimum absolute atomic E-state index is 0.0789. The average Bonchev–Trinajstić information content (AvgIpc) is 3.57. The standard InChI is InChI=1S/C38H54ClN9O7/c1-35(2,3)53-32(50)44-38(31(49)43-25-12-13-25)14-15-46(20-38)27-17-24(39)16-23(18-45(10)11)26(27)19-47-22-42-28-29(47)40-21-41-30(28)48(33(51)54-36(4,5)6)34(52)55-37(7,8)9/h16-17,21-22,25H,12-15,18-20H2,1-11H3,(H,43,49)(H,44,50)/t38-/m1/s1. The largest absolute Gasteiger partial charge is 0.444 e.